The molecular formula is C83H96N8O31. The third-order valence-electron chi connectivity index (χ3n) is 18.9. The number of rotatable bonds is 41. The molecule has 7 amide bonds. The van der Waals surface area contributed by atoms with Gasteiger partial charge in [0.25, 0.3) is 11.8 Å². The molecule has 654 valence electrons. The molecule has 4 unspecified atom stereocenters. The molecule has 122 heavy (non-hydrogen) atoms. The van der Waals surface area contributed by atoms with Gasteiger partial charge in [-0.25, -0.2) is 33.6 Å². The fourth-order valence-corrected chi connectivity index (χ4v) is 12.9. The smallest absolute Gasteiger partial charge is 0.493 e. The lowest BCUT2D eigenvalue weighted by atomic mass is 9.83. The van der Waals surface area contributed by atoms with E-state index in [-0.39, 0.29) is 103 Å². The Bertz CT molecular complexity index is 4650. The number of nitro benzene ring substituents is 1. The fourth-order valence-electron chi connectivity index (χ4n) is 12.9. The molecule has 9 atom stereocenters. The minimum atomic E-state index is -2.90. The van der Waals surface area contributed by atoms with Gasteiger partial charge >= 0.3 is 48.4 Å². The Morgan fingerprint density at radius 1 is 0.549 bits per heavy atom. The number of nitro groups is 1. The SMILES string of the molecule is C=CCOC(=O)NC(C(=O)NC(C)C(=O)Nc1ccc(COC(=O)Nc2cc(OCc3cccc(COc4cc(NC(=O)OCc5ccc(O[C@H]6O[C@](CC=C)(C(=O)O)[C@@H](OC(=O)OCC=C)[C@H](OC(=O)OCC=C)[C@H]6OC(=O)OCC=C)c([N+](=O)[O-])c5)c(C(=O)N5CCCC5CO)cc4OC)c3)c(OC)cc2C(=O)N2CCCC2CO)cc1)C(C)C. The first-order chi connectivity index (χ1) is 58.6. The highest BCUT2D eigenvalue weighted by atomic mass is 16.8. The van der Waals surface area contributed by atoms with Crippen molar-refractivity contribution >= 4 is 89.1 Å². The van der Waals surface area contributed by atoms with E-state index in [1.54, 1.807) is 62.4 Å². The Morgan fingerprint density at radius 3 is 1.51 bits per heavy atom. The van der Waals surface area contributed by atoms with Crippen LogP contribution in [0.5, 0.6) is 28.7 Å². The molecule has 39 nitrogen and oxygen atoms in total. The standard InChI is InChI=1S/C83H96N8O31/c1-11-29-83(76(98)99)70(121-82(105)113-35-15-5)68(119-80(103)111-33-13-3)69(120-81(104)112-34-14-4)75(122-83)118-62-28-25-53(37-61(62)91(106)107)47-117-78(101)87-60-41-66(64(109-10)39-58(60)74(97)90-31-18-22-56(90)43-93)115-46-52-20-16-19-51(36-52)45-114-65-40-59(57(38-63(65)108-9)73(96)89-30-17-21-55(89)42-92)86-77(100)116-44-50-23-26-54(27-24-50)85-71(94)49(8)84-72(95)67(48(6)7)88-79(102)110-32-12-2/h11-16,19-20,23-28,36-41,48-49,55-56,67-70,75,92-93H,1-5,17-18,21-22,29-35,42-47H2,6-10H3,(H,84,95)(H,85,94)(H,86,100)(H,87,101)(H,88,102)(H,98,99)/t49?,55?,56?,67?,68-,69-,70+,75+,83+/m1/s1. The van der Waals surface area contributed by atoms with Crippen LogP contribution in [0.3, 0.4) is 0 Å². The van der Waals surface area contributed by atoms with Crippen LogP contribution in [0.25, 0.3) is 0 Å². The van der Waals surface area contributed by atoms with Crippen molar-refractivity contribution in [3.05, 3.63) is 198 Å². The average Bonchev–Trinajstić information content (AvgIpc) is 0.845. The van der Waals surface area contributed by atoms with E-state index in [2.05, 4.69) is 59.5 Å². The summed E-state index contributed by atoms with van der Waals surface area (Å²) in [4.78, 5) is 163. The van der Waals surface area contributed by atoms with Crippen molar-refractivity contribution < 1.29 is 144 Å². The summed E-state index contributed by atoms with van der Waals surface area (Å²) in [5.74, 6) is -5.15. The lowest BCUT2D eigenvalue weighted by Crippen LogP contribution is -2.70. The third-order valence-corrected chi connectivity index (χ3v) is 18.9. The summed E-state index contributed by atoms with van der Waals surface area (Å²) in [6.45, 7) is 19.3. The van der Waals surface area contributed by atoms with Gasteiger partial charge in [0.1, 0.15) is 64.9 Å². The number of methoxy groups -OCH3 is 2. The van der Waals surface area contributed by atoms with Crippen LogP contribution >= 0.6 is 0 Å². The predicted molar refractivity (Wildman–Crippen MR) is 430 cm³/mol. The topological polar surface area (TPSA) is 497 Å². The number of alkyl carbamates (subject to hydrolysis) is 1. The number of benzene rings is 5. The van der Waals surface area contributed by atoms with E-state index in [4.69, 9.17) is 71.1 Å². The van der Waals surface area contributed by atoms with Crippen LogP contribution in [0, 0.1) is 16.0 Å². The van der Waals surface area contributed by atoms with Gasteiger partial charge in [-0.05, 0) is 97.2 Å². The Hall–Kier alpha value is -14.0. The van der Waals surface area contributed by atoms with Crippen LogP contribution in [0.15, 0.2) is 154 Å². The maximum absolute atomic E-state index is 14.5. The van der Waals surface area contributed by atoms with E-state index >= 15 is 0 Å². The summed E-state index contributed by atoms with van der Waals surface area (Å²) in [5, 5.41) is 57.3. The van der Waals surface area contributed by atoms with Crippen LogP contribution in [0.4, 0.5) is 51.5 Å². The number of carboxylic acids is 1. The number of carbonyl (C=O) groups is 11. The summed E-state index contributed by atoms with van der Waals surface area (Å²) in [6.07, 6.45) is -9.80. The Balaban J connectivity index is 0.985. The highest BCUT2D eigenvalue weighted by molar-refractivity contribution is 6.05. The molecule has 5 aromatic rings. The highest BCUT2D eigenvalue weighted by Crippen LogP contribution is 2.43. The lowest BCUT2D eigenvalue weighted by Gasteiger charge is -2.48. The zero-order chi connectivity index (χ0) is 88.7. The number of aliphatic carboxylic acids is 1. The van der Waals surface area contributed by atoms with Crippen LogP contribution in [0.2, 0.25) is 0 Å². The van der Waals surface area contributed by atoms with Crippen molar-refractivity contribution in [2.75, 3.05) is 82.9 Å². The van der Waals surface area contributed by atoms with E-state index in [0.717, 1.165) is 36.4 Å². The largest absolute Gasteiger partial charge is 0.509 e. The molecule has 8 N–H and O–H groups in total. The minimum Gasteiger partial charge on any atom is -0.493 e. The predicted octanol–water partition coefficient (Wildman–Crippen LogP) is 10.1. The molecule has 0 spiro atoms. The number of aliphatic hydroxyl groups excluding tert-OH is 2. The van der Waals surface area contributed by atoms with E-state index in [0.29, 0.717) is 54.6 Å². The van der Waals surface area contributed by atoms with Gasteiger partial charge in [0, 0.05) is 43.4 Å². The second-order valence-electron chi connectivity index (χ2n) is 27.6. The summed E-state index contributed by atoms with van der Waals surface area (Å²) in [5.41, 5.74) is -2.29. The maximum Gasteiger partial charge on any atom is 0.509 e. The van der Waals surface area contributed by atoms with E-state index in [1.165, 1.54) is 67.4 Å². The number of nitrogens with one attached hydrogen (secondary N) is 5. The van der Waals surface area contributed by atoms with Gasteiger partial charge in [-0.15, -0.1) is 6.58 Å². The van der Waals surface area contributed by atoms with E-state index in [9.17, 15) is 78.2 Å². The summed E-state index contributed by atoms with van der Waals surface area (Å²) in [6, 6.07) is 18.5. The molecule has 0 radical (unpaired) electrons. The van der Waals surface area contributed by atoms with E-state index < -0.39 is 170 Å². The molecule has 5 aromatic carbocycles. The van der Waals surface area contributed by atoms with Gasteiger partial charge in [0.2, 0.25) is 29.8 Å². The van der Waals surface area contributed by atoms with E-state index in [1.807, 2.05) is 0 Å². The number of likely N-dealkylation sites (tertiary alicyclic amines) is 2. The molecule has 0 bridgehead atoms. The number of hydrogen-bond donors (Lipinski definition) is 8. The first-order valence-electron chi connectivity index (χ1n) is 38.1. The maximum atomic E-state index is 14.5. The van der Waals surface area contributed by atoms with Crippen LogP contribution in [-0.4, -0.2) is 218 Å². The number of amides is 7. The molecule has 3 aliphatic heterocycles. The molecule has 39 heteroatoms. The number of nitrogens with zero attached hydrogens (tertiary/aromatic N) is 3. The first kappa shape index (κ1) is 93.5. The van der Waals surface area contributed by atoms with Gasteiger partial charge in [0.15, 0.2) is 41.0 Å². The van der Waals surface area contributed by atoms with Gasteiger partial charge in [-0.1, -0.05) is 107 Å². The van der Waals surface area contributed by atoms with Crippen LogP contribution < -0.4 is 50.3 Å². The molecular weight excluding hydrogens is 1600 g/mol. The van der Waals surface area contributed by atoms with Crippen molar-refractivity contribution in [2.24, 2.45) is 5.92 Å². The number of ether oxygens (including phenoxy) is 15. The monoisotopic (exact) mass is 1700 g/mol. The van der Waals surface area contributed by atoms with Crippen molar-refractivity contribution in [1.82, 2.24) is 20.4 Å². The Labute approximate surface area is 699 Å². The molecule has 3 saturated heterocycles. The number of anilines is 3. The number of carbonyl (C=O) groups excluding carboxylic acids is 10. The third kappa shape index (κ3) is 25.1. The second-order valence-corrected chi connectivity index (χ2v) is 27.6. The molecule has 0 aliphatic carbocycles. The molecule has 0 saturated carbocycles. The molecule has 0 aromatic heterocycles. The number of carboxylic acid groups (broad SMARTS) is 1. The molecule has 8 rings (SSSR count). The van der Waals surface area contributed by atoms with Crippen molar-refractivity contribution in [2.45, 2.75) is 134 Å². The normalized spacial score (nSPS) is 18.1. The van der Waals surface area contributed by atoms with Crippen molar-refractivity contribution in [3.63, 3.8) is 0 Å². The van der Waals surface area contributed by atoms with Crippen LogP contribution in [-0.2, 0) is 88.2 Å². The lowest BCUT2D eigenvalue weighted by molar-refractivity contribution is -0.387. The molecule has 3 heterocycles. The second kappa shape index (κ2) is 45.3. The van der Waals surface area contributed by atoms with Gasteiger partial charge in [-0.3, -0.25) is 39.9 Å². The summed E-state index contributed by atoms with van der Waals surface area (Å²) < 4.78 is 83.5. The van der Waals surface area contributed by atoms with Gasteiger partial charge < -0.3 is 112 Å². The van der Waals surface area contributed by atoms with Crippen molar-refractivity contribution in [1.29, 1.82) is 0 Å². The Morgan fingerprint density at radius 2 is 1.03 bits per heavy atom. The number of hydrogen-bond acceptors (Lipinski definition) is 30. The quantitative estimate of drug-likeness (QED) is 0.00592. The first-order valence-corrected chi connectivity index (χ1v) is 38.1. The van der Waals surface area contributed by atoms with Crippen LogP contribution in [0.1, 0.15) is 95.8 Å². The summed E-state index contributed by atoms with van der Waals surface area (Å²) in [7, 11) is 2.66. The number of aliphatic hydroxyl groups is 2. The average molecular weight is 1700 g/mol. The van der Waals surface area contributed by atoms with Gasteiger partial charge in [-0.2, -0.15) is 0 Å². The highest BCUT2D eigenvalue weighted by Gasteiger charge is 2.65. The zero-order valence-corrected chi connectivity index (χ0v) is 67.4. The zero-order valence-electron chi connectivity index (χ0n) is 67.4. The van der Waals surface area contributed by atoms with Crippen molar-refractivity contribution in [3.8, 4) is 28.7 Å². The molecule has 3 fully saturated rings. The molecule has 3 aliphatic rings. The minimum absolute atomic E-state index is 0.00980. The summed E-state index contributed by atoms with van der Waals surface area (Å²) >= 11 is 0. The fraction of sp³-hybridized carbons (Fsp3) is 0.386. The van der Waals surface area contributed by atoms with Gasteiger partial charge in [0.05, 0.1) is 66.9 Å². The Kier molecular flexibility index (Phi) is 34.7.